The molecule has 0 fully saturated rings. The average molecular weight is 471 g/mol. The summed E-state index contributed by atoms with van der Waals surface area (Å²) < 4.78 is 43.2. The van der Waals surface area contributed by atoms with E-state index in [1.54, 1.807) is 18.2 Å². The summed E-state index contributed by atoms with van der Waals surface area (Å²) >= 11 is 0. The molecule has 6 nitrogen and oxygen atoms in total. The number of anilines is 2. The quantitative estimate of drug-likeness (QED) is 0.501. The molecule has 0 aliphatic heterocycles. The maximum absolute atomic E-state index is 12.7. The molecule has 1 aliphatic rings. The molecule has 0 saturated carbocycles. The van der Waals surface area contributed by atoms with Crippen molar-refractivity contribution in [1.82, 2.24) is 4.57 Å². The second-order valence-electron chi connectivity index (χ2n) is 9.21. The number of amides is 1. The molecule has 4 rings (SSSR count). The molecule has 0 spiro atoms. The first-order valence-corrected chi connectivity index (χ1v) is 10.6. The average Bonchev–Trinajstić information content (AvgIpc) is 3.03. The van der Waals surface area contributed by atoms with Crippen LogP contribution in [0, 0.1) is 12.3 Å². The summed E-state index contributed by atoms with van der Waals surface area (Å²) in [6.07, 6.45) is -3.60. The van der Waals surface area contributed by atoms with E-state index in [9.17, 15) is 22.8 Å². The molecule has 0 saturated heterocycles. The molecule has 1 amide bonds. The number of fused-ring (bicyclic) bond motifs is 1. The molecule has 2 aromatic carbocycles. The van der Waals surface area contributed by atoms with Crippen LogP contribution in [-0.2, 0) is 6.42 Å². The van der Waals surface area contributed by atoms with E-state index in [1.165, 1.54) is 24.3 Å². The van der Waals surface area contributed by atoms with Crippen molar-refractivity contribution in [3.05, 3.63) is 71.0 Å². The van der Waals surface area contributed by atoms with Gasteiger partial charge in [0.05, 0.1) is 11.3 Å². The number of nitrogens with one attached hydrogen (secondary N) is 1. The summed E-state index contributed by atoms with van der Waals surface area (Å²) in [5, 5.41) is 3.05. The minimum absolute atomic E-state index is 0.0985. The lowest BCUT2D eigenvalue weighted by molar-refractivity contribution is -0.274. The third kappa shape index (κ3) is 4.78. The van der Waals surface area contributed by atoms with Crippen LogP contribution in [0.3, 0.4) is 0 Å². The summed E-state index contributed by atoms with van der Waals surface area (Å²) in [7, 11) is 0. The number of carbonyl (C=O) groups excluding carboxylic acids is 2. The molecule has 0 radical (unpaired) electrons. The first-order valence-electron chi connectivity index (χ1n) is 10.6. The number of Topliss-reactive ketones (excluding diaryl/α,β-unsaturated/α-hetero) is 1. The molecule has 0 atom stereocenters. The summed E-state index contributed by atoms with van der Waals surface area (Å²) in [5.41, 5.74) is 9.63. The Balaban J connectivity index is 1.72. The Morgan fingerprint density at radius 1 is 1.09 bits per heavy atom. The molecule has 1 aromatic heterocycles. The minimum atomic E-state index is -4.79. The maximum atomic E-state index is 12.7. The number of ketones is 1. The number of rotatable bonds is 5. The van der Waals surface area contributed by atoms with Crippen molar-refractivity contribution in [2.45, 2.75) is 40.0 Å². The van der Waals surface area contributed by atoms with E-state index in [0.717, 1.165) is 17.1 Å². The largest absolute Gasteiger partial charge is 0.573 e. The standard InChI is InChI=1S/C25H24F3N3O3/c1-14-10-19-21(12-24(2,3)13-22(19)32)31(14)16-6-9-18(23(29)33)20(11-16)30-15-4-7-17(8-5-15)34-25(26,27)28/h4-11,30H,12-13H2,1-3H3,(H2,29,33). The fourth-order valence-electron chi connectivity index (χ4n) is 4.40. The molecular formula is C25H24F3N3O3. The van der Waals surface area contributed by atoms with Crippen LogP contribution in [0.4, 0.5) is 24.5 Å². The van der Waals surface area contributed by atoms with Crippen molar-refractivity contribution in [3.63, 3.8) is 0 Å². The number of benzene rings is 2. The Kier molecular flexibility index (Phi) is 5.67. The molecule has 1 heterocycles. The van der Waals surface area contributed by atoms with Gasteiger partial charge in [0, 0.05) is 34.7 Å². The minimum Gasteiger partial charge on any atom is -0.406 e. The van der Waals surface area contributed by atoms with E-state index < -0.39 is 12.3 Å². The number of ether oxygens (including phenoxy) is 1. The monoisotopic (exact) mass is 471 g/mol. The van der Waals surface area contributed by atoms with Gasteiger partial charge < -0.3 is 20.4 Å². The molecule has 0 bridgehead atoms. The number of nitrogens with two attached hydrogens (primary N) is 1. The lowest BCUT2D eigenvalue weighted by atomic mass is 9.76. The second-order valence-corrected chi connectivity index (χ2v) is 9.21. The van der Waals surface area contributed by atoms with Crippen molar-refractivity contribution in [3.8, 4) is 11.4 Å². The van der Waals surface area contributed by atoms with Gasteiger partial charge in [0.25, 0.3) is 5.91 Å². The number of halogens is 3. The van der Waals surface area contributed by atoms with E-state index in [4.69, 9.17) is 5.73 Å². The Labute approximate surface area is 194 Å². The van der Waals surface area contributed by atoms with E-state index in [2.05, 4.69) is 23.9 Å². The smallest absolute Gasteiger partial charge is 0.406 e. The zero-order valence-corrected chi connectivity index (χ0v) is 18.9. The number of hydrogen-bond acceptors (Lipinski definition) is 4. The second kappa shape index (κ2) is 8.23. The zero-order valence-electron chi connectivity index (χ0n) is 18.9. The van der Waals surface area contributed by atoms with E-state index in [1.807, 2.05) is 17.6 Å². The molecule has 34 heavy (non-hydrogen) atoms. The van der Waals surface area contributed by atoms with E-state index in [0.29, 0.717) is 29.8 Å². The van der Waals surface area contributed by atoms with Crippen LogP contribution in [0.2, 0.25) is 0 Å². The molecular weight excluding hydrogens is 447 g/mol. The van der Waals surface area contributed by atoms with Crippen molar-refractivity contribution in [2.75, 3.05) is 5.32 Å². The number of aryl methyl sites for hydroxylation is 1. The van der Waals surface area contributed by atoms with Gasteiger partial charge in [0.15, 0.2) is 5.78 Å². The molecule has 3 N–H and O–H groups in total. The Bertz CT molecular complexity index is 1280. The summed E-state index contributed by atoms with van der Waals surface area (Å²) in [5.74, 6) is -0.918. The Hall–Kier alpha value is -3.75. The number of alkyl halides is 3. The molecule has 3 aromatic rings. The Morgan fingerprint density at radius 3 is 2.38 bits per heavy atom. The van der Waals surface area contributed by atoms with E-state index >= 15 is 0 Å². The van der Waals surface area contributed by atoms with Gasteiger partial charge in [-0.15, -0.1) is 13.2 Å². The molecule has 0 unspecified atom stereocenters. The van der Waals surface area contributed by atoms with Crippen LogP contribution in [0.25, 0.3) is 5.69 Å². The predicted octanol–water partition coefficient (Wildman–Crippen LogP) is 5.68. The van der Waals surface area contributed by atoms with Crippen LogP contribution >= 0.6 is 0 Å². The fourth-order valence-corrected chi connectivity index (χ4v) is 4.40. The predicted molar refractivity (Wildman–Crippen MR) is 122 cm³/mol. The van der Waals surface area contributed by atoms with Gasteiger partial charge in [0.1, 0.15) is 5.75 Å². The van der Waals surface area contributed by atoms with Crippen LogP contribution in [-0.4, -0.2) is 22.6 Å². The number of nitrogens with zero attached hydrogens (tertiary/aromatic N) is 1. The lowest BCUT2D eigenvalue weighted by Gasteiger charge is -2.30. The summed E-state index contributed by atoms with van der Waals surface area (Å²) in [4.78, 5) is 24.7. The molecule has 9 heteroatoms. The van der Waals surface area contributed by atoms with E-state index in [-0.39, 0.29) is 22.5 Å². The summed E-state index contributed by atoms with van der Waals surface area (Å²) in [6.45, 7) is 6.01. The normalized spacial score (nSPS) is 15.1. The highest BCUT2D eigenvalue weighted by Crippen LogP contribution is 2.38. The molecule has 178 valence electrons. The third-order valence-electron chi connectivity index (χ3n) is 5.77. The van der Waals surface area contributed by atoms with Gasteiger partial charge in [-0.1, -0.05) is 13.8 Å². The van der Waals surface area contributed by atoms with Crippen molar-refractivity contribution >= 4 is 23.1 Å². The highest BCUT2D eigenvalue weighted by Gasteiger charge is 2.34. The third-order valence-corrected chi connectivity index (χ3v) is 5.77. The van der Waals surface area contributed by atoms with Gasteiger partial charge >= 0.3 is 6.36 Å². The highest BCUT2D eigenvalue weighted by atomic mass is 19.4. The molecule has 1 aliphatic carbocycles. The van der Waals surface area contributed by atoms with Gasteiger partial charge in [-0.05, 0) is 67.3 Å². The van der Waals surface area contributed by atoms with Crippen LogP contribution in [0.1, 0.15) is 52.4 Å². The lowest BCUT2D eigenvalue weighted by Crippen LogP contribution is -2.27. The number of carbonyl (C=O) groups is 2. The van der Waals surface area contributed by atoms with Gasteiger partial charge in [0.2, 0.25) is 0 Å². The van der Waals surface area contributed by atoms with Gasteiger partial charge in [-0.25, -0.2) is 0 Å². The maximum Gasteiger partial charge on any atom is 0.573 e. The van der Waals surface area contributed by atoms with Crippen molar-refractivity contribution in [1.29, 1.82) is 0 Å². The Morgan fingerprint density at radius 2 is 1.76 bits per heavy atom. The fraction of sp³-hybridized carbons (Fsp3) is 0.280. The first-order chi connectivity index (χ1) is 15.8. The van der Waals surface area contributed by atoms with Crippen LogP contribution in [0.15, 0.2) is 48.5 Å². The van der Waals surface area contributed by atoms with Gasteiger partial charge in [-0.2, -0.15) is 0 Å². The number of aromatic nitrogens is 1. The van der Waals surface area contributed by atoms with Crippen LogP contribution in [0.5, 0.6) is 5.75 Å². The SMILES string of the molecule is Cc1cc2c(n1-c1ccc(C(N)=O)c(Nc3ccc(OC(F)(F)F)cc3)c1)CC(C)(C)CC2=O. The van der Waals surface area contributed by atoms with Gasteiger partial charge in [-0.3, -0.25) is 9.59 Å². The van der Waals surface area contributed by atoms with Crippen molar-refractivity contribution < 1.29 is 27.5 Å². The first kappa shape index (κ1) is 23.4. The highest BCUT2D eigenvalue weighted by molar-refractivity contribution is 6.00. The zero-order chi connectivity index (χ0) is 24.8. The topological polar surface area (TPSA) is 86.3 Å². The summed E-state index contributed by atoms with van der Waals surface area (Å²) in [6, 6.07) is 12.1. The number of primary amides is 1. The van der Waals surface area contributed by atoms with Crippen LogP contribution < -0.4 is 15.8 Å². The number of hydrogen-bond donors (Lipinski definition) is 2. The van der Waals surface area contributed by atoms with Crippen molar-refractivity contribution in [2.24, 2.45) is 11.1 Å².